The summed E-state index contributed by atoms with van der Waals surface area (Å²) in [5.41, 5.74) is -0.483. The average Bonchev–Trinajstić information content (AvgIpc) is 2.61. The molecule has 0 heterocycles. The molecule has 0 amide bonds. The molecule has 0 aliphatic heterocycles. The third kappa shape index (κ3) is 7.09. The molecule has 1 aromatic carbocycles. The second-order valence-electron chi connectivity index (χ2n) is 8.46. The van der Waals surface area contributed by atoms with E-state index in [1.165, 1.54) is 0 Å². The highest BCUT2D eigenvalue weighted by molar-refractivity contribution is 7.55. The fourth-order valence-corrected chi connectivity index (χ4v) is 5.69. The molecule has 0 N–H and O–H groups in total. The van der Waals surface area contributed by atoms with Crippen LogP contribution < -0.4 is 4.43 Å². The summed E-state index contributed by atoms with van der Waals surface area (Å²) in [4.78, 5) is 12.7. The lowest BCUT2D eigenvalue weighted by atomic mass is 10.1. The van der Waals surface area contributed by atoms with Crippen LogP contribution >= 0.6 is 19.2 Å². The average molecular weight is 479 g/mol. The van der Waals surface area contributed by atoms with E-state index in [1.807, 2.05) is 6.07 Å². The Bertz CT molecular complexity index is 752. The summed E-state index contributed by atoms with van der Waals surface area (Å²) in [7, 11) is -5.81. The third-order valence-electron chi connectivity index (χ3n) is 5.17. The van der Waals surface area contributed by atoms with Gasteiger partial charge in [0.25, 0.3) is 0 Å². The van der Waals surface area contributed by atoms with E-state index in [2.05, 4.69) is 33.9 Å². The molecule has 0 saturated heterocycles. The topological polar surface area (TPSA) is 71.1 Å². The lowest BCUT2D eigenvalue weighted by molar-refractivity contribution is -0.143. The highest BCUT2D eigenvalue weighted by Crippen LogP contribution is 2.55. The van der Waals surface area contributed by atoms with E-state index in [-0.39, 0.29) is 31.3 Å². The number of rotatable bonds is 11. The van der Waals surface area contributed by atoms with E-state index in [9.17, 15) is 9.36 Å². The van der Waals surface area contributed by atoms with Gasteiger partial charge in [0.15, 0.2) is 5.66 Å². The zero-order valence-corrected chi connectivity index (χ0v) is 22.1. The van der Waals surface area contributed by atoms with Crippen molar-refractivity contribution >= 4 is 33.5 Å². The van der Waals surface area contributed by atoms with Gasteiger partial charge in [-0.15, -0.1) is 0 Å². The molecule has 0 radical (unpaired) electrons. The Balaban J connectivity index is 3.32. The van der Waals surface area contributed by atoms with Crippen molar-refractivity contribution < 1.29 is 27.6 Å². The number of benzene rings is 1. The van der Waals surface area contributed by atoms with Gasteiger partial charge >= 0.3 is 13.6 Å². The molecule has 172 valence electrons. The summed E-state index contributed by atoms with van der Waals surface area (Å²) < 4.78 is 35.8. The van der Waals surface area contributed by atoms with Crippen molar-refractivity contribution in [2.75, 3.05) is 19.8 Å². The zero-order chi connectivity index (χ0) is 23.2. The first-order valence-electron chi connectivity index (χ1n) is 10.3. The molecular weight excluding hydrogens is 443 g/mol. The van der Waals surface area contributed by atoms with Crippen LogP contribution in [0.3, 0.4) is 0 Å². The third-order valence-corrected chi connectivity index (χ3v) is 12.3. The highest BCUT2D eigenvalue weighted by atomic mass is 35.5. The van der Waals surface area contributed by atoms with Crippen molar-refractivity contribution in [1.82, 2.24) is 0 Å². The molecule has 9 heteroatoms. The quantitative estimate of drug-likeness (QED) is 0.206. The van der Waals surface area contributed by atoms with Gasteiger partial charge in [0.2, 0.25) is 8.32 Å². The van der Waals surface area contributed by atoms with E-state index in [4.69, 9.17) is 29.8 Å². The molecule has 1 rings (SSSR count). The highest BCUT2D eigenvalue weighted by Gasteiger charge is 2.43. The Labute approximate surface area is 187 Å². The molecule has 1 aromatic rings. The predicted molar refractivity (Wildman–Crippen MR) is 124 cm³/mol. The Morgan fingerprint density at radius 3 is 2.13 bits per heavy atom. The van der Waals surface area contributed by atoms with E-state index in [0.717, 1.165) is 0 Å². The van der Waals surface area contributed by atoms with E-state index in [0.29, 0.717) is 16.3 Å². The van der Waals surface area contributed by atoms with Gasteiger partial charge in [0, 0.05) is 5.02 Å². The molecule has 30 heavy (non-hydrogen) atoms. The van der Waals surface area contributed by atoms with Gasteiger partial charge in [-0.05, 0) is 69.1 Å². The van der Waals surface area contributed by atoms with Crippen LogP contribution in [0.1, 0.15) is 47.1 Å². The summed E-state index contributed by atoms with van der Waals surface area (Å²) in [6, 6.07) is 5.35. The van der Waals surface area contributed by atoms with Crippen molar-refractivity contribution in [3.05, 3.63) is 28.8 Å². The number of esters is 1. The minimum atomic E-state index is -3.75. The molecule has 0 saturated carbocycles. The van der Waals surface area contributed by atoms with Gasteiger partial charge in [-0.3, -0.25) is 9.36 Å². The molecular formula is C21H36ClO6PSi. The van der Waals surface area contributed by atoms with E-state index >= 15 is 0 Å². The van der Waals surface area contributed by atoms with E-state index < -0.39 is 27.5 Å². The zero-order valence-electron chi connectivity index (χ0n) is 19.4. The molecule has 0 aromatic heterocycles. The summed E-state index contributed by atoms with van der Waals surface area (Å²) in [5, 5.41) is 0.478. The number of carbonyl (C=O) groups is 1. The van der Waals surface area contributed by atoms with Crippen LogP contribution in [0.4, 0.5) is 0 Å². The van der Waals surface area contributed by atoms with Crippen LogP contribution in [0.25, 0.3) is 0 Å². The number of carbonyl (C=O) groups excluding carboxylic acids is 1. The fraction of sp³-hybridized carbons (Fsp3) is 0.667. The van der Waals surface area contributed by atoms with Crippen molar-refractivity contribution in [1.29, 1.82) is 0 Å². The van der Waals surface area contributed by atoms with Crippen molar-refractivity contribution in [2.45, 2.75) is 71.8 Å². The minimum Gasteiger partial charge on any atom is -0.543 e. The molecule has 0 aliphatic carbocycles. The summed E-state index contributed by atoms with van der Waals surface area (Å²) >= 11 is 6.42. The van der Waals surface area contributed by atoms with Crippen LogP contribution in [0.5, 0.6) is 5.75 Å². The van der Waals surface area contributed by atoms with Crippen molar-refractivity contribution in [3.8, 4) is 5.75 Å². The lowest BCUT2D eigenvalue weighted by Crippen LogP contribution is -2.43. The monoisotopic (exact) mass is 478 g/mol. The lowest BCUT2D eigenvalue weighted by Gasteiger charge is -2.36. The largest absolute Gasteiger partial charge is 0.543 e. The number of hydrogen-bond acceptors (Lipinski definition) is 6. The molecule has 0 spiro atoms. The van der Waals surface area contributed by atoms with Crippen LogP contribution in [0.2, 0.25) is 23.2 Å². The maximum atomic E-state index is 13.4. The first kappa shape index (κ1) is 27.2. The minimum absolute atomic E-state index is 0.0277. The Kier molecular flexibility index (Phi) is 10.1. The second-order valence-corrected chi connectivity index (χ2v) is 15.8. The van der Waals surface area contributed by atoms with Gasteiger partial charge in [-0.2, -0.15) is 0 Å². The van der Waals surface area contributed by atoms with Gasteiger partial charge in [-0.25, -0.2) is 0 Å². The SMILES string of the molecule is CCOC(=O)C(Cc1cc(O[Si](C)(C)C(C)(C)C)ccc1Cl)P(=O)(OCC)OCC. The number of ether oxygens (including phenoxy) is 1. The number of halogens is 1. The molecule has 0 aliphatic rings. The Hall–Kier alpha value is -0.853. The van der Waals surface area contributed by atoms with Gasteiger partial charge in [0.05, 0.1) is 19.8 Å². The molecule has 0 bridgehead atoms. The standard InChI is InChI=1S/C21H36ClO6PSi/c1-9-25-20(23)19(29(24,26-10-2)27-11-3)15-16-14-17(12-13-18(16)22)28-30(7,8)21(4,5)6/h12-14,19H,9-11,15H2,1-8H3. The molecule has 6 nitrogen and oxygen atoms in total. The van der Waals surface area contributed by atoms with Gasteiger partial charge in [0.1, 0.15) is 5.75 Å². The Morgan fingerprint density at radius 1 is 1.10 bits per heavy atom. The Morgan fingerprint density at radius 2 is 1.67 bits per heavy atom. The van der Waals surface area contributed by atoms with Crippen molar-refractivity contribution in [2.24, 2.45) is 0 Å². The molecule has 1 atom stereocenters. The number of hydrogen-bond donors (Lipinski definition) is 0. The maximum Gasteiger partial charge on any atom is 0.345 e. The first-order valence-corrected chi connectivity index (χ1v) is 15.2. The first-order chi connectivity index (χ1) is 13.8. The molecule has 1 unspecified atom stereocenters. The van der Waals surface area contributed by atoms with E-state index in [1.54, 1.807) is 32.9 Å². The van der Waals surface area contributed by atoms with Crippen LogP contribution in [0, 0.1) is 0 Å². The van der Waals surface area contributed by atoms with Crippen molar-refractivity contribution in [3.63, 3.8) is 0 Å². The predicted octanol–water partition coefficient (Wildman–Crippen LogP) is 6.46. The van der Waals surface area contributed by atoms with Gasteiger partial charge in [-0.1, -0.05) is 32.4 Å². The fourth-order valence-electron chi connectivity index (χ4n) is 2.57. The second kappa shape index (κ2) is 11.1. The van der Waals surface area contributed by atoms with Crippen LogP contribution in [-0.2, 0) is 29.6 Å². The maximum absolute atomic E-state index is 13.4. The summed E-state index contributed by atoms with van der Waals surface area (Å²) in [6.07, 6.45) is 0.0592. The van der Waals surface area contributed by atoms with Crippen LogP contribution in [-0.4, -0.2) is 39.8 Å². The smallest absolute Gasteiger partial charge is 0.345 e. The van der Waals surface area contributed by atoms with Gasteiger partial charge < -0.3 is 18.2 Å². The summed E-state index contributed by atoms with van der Waals surface area (Å²) in [5.74, 6) is 0.0424. The normalized spacial score (nSPS) is 13.8. The summed E-state index contributed by atoms with van der Waals surface area (Å²) in [6.45, 7) is 16.3. The molecule has 0 fully saturated rings. The van der Waals surface area contributed by atoms with Crippen LogP contribution in [0.15, 0.2) is 18.2 Å².